The third-order valence-corrected chi connectivity index (χ3v) is 7.01. The van der Waals surface area contributed by atoms with Crippen molar-refractivity contribution in [2.45, 2.75) is 59.0 Å². The van der Waals surface area contributed by atoms with E-state index >= 15 is 0 Å². The smallest absolute Gasteiger partial charge is 0.244 e. The Balaban J connectivity index is 2.34. The van der Waals surface area contributed by atoms with Gasteiger partial charge in [-0.15, -0.1) is 0 Å². The Hall–Kier alpha value is -2.87. The molecule has 0 unspecified atom stereocenters. The van der Waals surface area contributed by atoms with E-state index in [2.05, 4.69) is 5.32 Å². The molecule has 0 heterocycles. The molecule has 0 saturated carbocycles. The third kappa shape index (κ3) is 7.87. The van der Waals surface area contributed by atoms with Gasteiger partial charge in [-0.25, -0.2) is 8.42 Å². The first-order valence-corrected chi connectivity index (χ1v) is 13.6. The predicted molar refractivity (Wildman–Crippen MR) is 137 cm³/mol. The molecule has 0 bridgehead atoms. The fourth-order valence-electron chi connectivity index (χ4n) is 3.66. The average Bonchev–Trinajstić information content (AvgIpc) is 2.80. The highest BCUT2D eigenvalue weighted by Gasteiger charge is 2.31. The number of sulfonamides is 1. The van der Waals surface area contributed by atoms with Crippen molar-refractivity contribution in [3.05, 3.63) is 65.7 Å². The predicted octanol–water partition coefficient (Wildman–Crippen LogP) is 3.53. The van der Waals surface area contributed by atoms with E-state index in [9.17, 15) is 18.0 Å². The number of carbonyl (C=O) groups excluding carboxylic acids is 2. The van der Waals surface area contributed by atoms with E-state index in [-0.39, 0.29) is 18.5 Å². The number of aryl methyl sites for hydroxylation is 1. The van der Waals surface area contributed by atoms with Crippen LogP contribution in [-0.2, 0) is 26.0 Å². The van der Waals surface area contributed by atoms with E-state index < -0.39 is 22.0 Å². The molecule has 0 aliphatic heterocycles. The molecule has 2 rings (SSSR count). The second-order valence-corrected chi connectivity index (χ2v) is 10.6. The standard InChI is InChI=1S/C26H37N3O4S/c1-6-21(4)27-26(31)24(7-2)28(18-17-22-11-9-8-10-12-22)25(30)19-29(34(5,32)33)23-15-13-20(3)14-16-23/h8-16,21,24H,6-7,17-19H2,1-5H3,(H,27,31)/t21-,24+/m0/s1. The zero-order valence-electron chi connectivity index (χ0n) is 20.8. The van der Waals surface area contributed by atoms with Crippen molar-refractivity contribution >= 4 is 27.5 Å². The van der Waals surface area contributed by atoms with Crippen molar-refractivity contribution in [2.24, 2.45) is 0 Å². The molecule has 2 atom stereocenters. The van der Waals surface area contributed by atoms with Crippen molar-refractivity contribution in [3.8, 4) is 0 Å². The van der Waals surface area contributed by atoms with Crippen LogP contribution < -0.4 is 9.62 Å². The van der Waals surface area contributed by atoms with Crippen LogP contribution in [-0.4, -0.2) is 56.6 Å². The summed E-state index contributed by atoms with van der Waals surface area (Å²) in [5.41, 5.74) is 2.44. The monoisotopic (exact) mass is 487 g/mol. The second-order valence-electron chi connectivity index (χ2n) is 8.67. The minimum atomic E-state index is -3.72. The molecule has 34 heavy (non-hydrogen) atoms. The Bertz CT molecular complexity index is 1040. The normalized spacial score (nSPS) is 13.1. The number of benzene rings is 2. The summed E-state index contributed by atoms with van der Waals surface area (Å²) < 4.78 is 26.3. The van der Waals surface area contributed by atoms with Gasteiger partial charge in [-0.1, -0.05) is 61.9 Å². The average molecular weight is 488 g/mol. The van der Waals surface area contributed by atoms with Crippen molar-refractivity contribution in [1.29, 1.82) is 0 Å². The van der Waals surface area contributed by atoms with Gasteiger partial charge < -0.3 is 10.2 Å². The zero-order valence-corrected chi connectivity index (χ0v) is 21.6. The lowest BCUT2D eigenvalue weighted by Crippen LogP contribution is -2.54. The molecule has 0 saturated heterocycles. The van der Waals surface area contributed by atoms with Gasteiger partial charge in [0.15, 0.2) is 0 Å². The number of carbonyl (C=O) groups is 2. The molecule has 8 heteroatoms. The van der Waals surface area contributed by atoms with Gasteiger partial charge in [0.05, 0.1) is 11.9 Å². The van der Waals surface area contributed by atoms with E-state index in [1.165, 1.54) is 4.90 Å². The Morgan fingerprint density at radius 1 is 0.971 bits per heavy atom. The van der Waals surface area contributed by atoms with E-state index in [0.717, 1.165) is 28.1 Å². The Kier molecular flexibility index (Phi) is 10.1. The van der Waals surface area contributed by atoms with Gasteiger partial charge in [-0.3, -0.25) is 13.9 Å². The summed E-state index contributed by atoms with van der Waals surface area (Å²) in [5, 5.41) is 2.97. The fraction of sp³-hybridized carbons (Fsp3) is 0.462. The first-order chi connectivity index (χ1) is 16.1. The number of anilines is 1. The Morgan fingerprint density at radius 2 is 1.59 bits per heavy atom. The molecule has 186 valence electrons. The first-order valence-electron chi connectivity index (χ1n) is 11.7. The zero-order chi connectivity index (χ0) is 25.3. The van der Waals surface area contributed by atoms with Crippen LogP contribution in [0.25, 0.3) is 0 Å². The van der Waals surface area contributed by atoms with Gasteiger partial charge in [0.1, 0.15) is 12.6 Å². The van der Waals surface area contributed by atoms with Crippen LogP contribution in [0.3, 0.4) is 0 Å². The van der Waals surface area contributed by atoms with E-state index in [4.69, 9.17) is 0 Å². The van der Waals surface area contributed by atoms with Crippen LogP contribution in [0.1, 0.15) is 44.7 Å². The first kappa shape index (κ1) is 27.4. The minimum absolute atomic E-state index is 0.0206. The lowest BCUT2D eigenvalue weighted by atomic mass is 10.1. The summed E-state index contributed by atoms with van der Waals surface area (Å²) in [4.78, 5) is 28.1. The van der Waals surface area contributed by atoms with Crippen molar-refractivity contribution in [1.82, 2.24) is 10.2 Å². The van der Waals surface area contributed by atoms with Crippen molar-refractivity contribution in [2.75, 3.05) is 23.7 Å². The van der Waals surface area contributed by atoms with Gasteiger partial charge in [0, 0.05) is 12.6 Å². The summed E-state index contributed by atoms with van der Waals surface area (Å²) in [5.74, 6) is -0.632. The lowest BCUT2D eigenvalue weighted by molar-refractivity contribution is -0.139. The molecule has 0 aliphatic carbocycles. The minimum Gasteiger partial charge on any atom is -0.352 e. The highest BCUT2D eigenvalue weighted by atomic mass is 32.2. The third-order valence-electron chi connectivity index (χ3n) is 5.87. The van der Waals surface area contributed by atoms with E-state index in [1.54, 1.807) is 24.3 Å². The van der Waals surface area contributed by atoms with Crippen LogP contribution in [0.4, 0.5) is 5.69 Å². The van der Waals surface area contributed by atoms with Gasteiger partial charge in [-0.2, -0.15) is 0 Å². The number of amides is 2. The number of hydrogen-bond acceptors (Lipinski definition) is 4. The molecule has 0 radical (unpaired) electrons. The lowest BCUT2D eigenvalue weighted by Gasteiger charge is -2.33. The molecule has 2 amide bonds. The number of hydrogen-bond donors (Lipinski definition) is 1. The highest BCUT2D eigenvalue weighted by Crippen LogP contribution is 2.19. The highest BCUT2D eigenvalue weighted by molar-refractivity contribution is 7.92. The number of nitrogens with one attached hydrogen (secondary N) is 1. The SMILES string of the molecule is CC[C@H](C(=O)N[C@@H](C)CC)N(CCc1ccccc1)C(=O)CN(c1ccc(C)cc1)S(C)(=O)=O. The van der Waals surface area contributed by atoms with Gasteiger partial charge in [0.25, 0.3) is 0 Å². The maximum absolute atomic E-state index is 13.6. The Labute approximate surface area is 204 Å². The molecule has 2 aromatic rings. The molecule has 2 aromatic carbocycles. The van der Waals surface area contributed by atoms with Crippen molar-refractivity contribution < 1.29 is 18.0 Å². The topological polar surface area (TPSA) is 86.8 Å². The largest absolute Gasteiger partial charge is 0.352 e. The molecular formula is C26H37N3O4S. The molecule has 0 aromatic heterocycles. The maximum atomic E-state index is 13.6. The molecule has 0 fully saturated rings. The van der Waals surface area contributed by atoms with Gasteiger partial charge >= 0.3 is 0 Å². The molecule has 0 aliphatic rings. The summed E-state index contributed by atoms with van der Waals surface area (Å²) in [6.45, 7) is 7.61. The summed E-state index contributed by atoms with van der Waals surface area (Å²) in [6, 6.07) is 16.0. The van der Waals surface area contributed by atoms with Crippen LogP contribution in [0.5, 0.6) is 0 Å². The van der Waals surface area contributed by atoms with Crippen molar-refractivity contribution in [3.63, 3.8) is 0 Å². The van der Waals surface area contributed by atoms with E-state index in [0.29, 0.717) is 25.1 Å². The van der Waals surface area contributed by atoms with Crippen LogP contribution in [0.15, 0.2) is 54.6 Å². The van der Waals surface area contributed by atoms with Gasteiger partial charge in [0.2, 0.25) is 21.8 Å². The molecular weight excluding hydrogens is 450 g/mol. The van der Waals surface area contributed by atoms with Crippen LogP contribution in [0.2, 0.25) is 0 Å². The van der Waals surface area contributed by atoms with Crippen LogP contribution >= 0.6 is 0 Å². The molecule has 7 nitrogen and oxygen atoms in total. The number of nitrogens with zero attached hydrogens (tertiary/aromatic N) is 2. The Morgan fingerprint density at radius 3 is 2.12 bits per heavy atom. The summed E-state index contributed by atoms with van der Waals surface area (Å²) in [7, 11) is -3.72. The molecule has 0 spiro atoms. The summed E-state index contributed by atoms with van der Waals surface area (Å²) >= 11 is 0. The summed E-state index contributed by atoms with van der Waals surface area (Å²) in [6.07, 6.45) is 2.84. The molecule has 1 N–H and O–H groups in total. The van der Waals surface area contributed by atoms with E-state index in [1.807, 2.05) is 58.0 Å². The van der Waals surface area contributed by atoms with Crippen LogP contribution in [0, 0.1) is 6.92 Å². The number of rotatable bonds is 12. The maximum Gasteiger partial charge on any atom is 0.244 e. The fourth-order valence-corrected chi connectivity index (χ4v) is 4.51. The van der Waals surface area contributed by atoms with Gasteiger partial charge in [-0.05, 0) is 50.8 Å². The second kappa shape index (κ2) is 12.6. The quantitative estimate of drug-likeness (QED) is 0.496.